The van der Waals surface area contributed by atoms with Crippen LogP contribution in [0, 0.1) is 0 Å². The number of H-pyrrole nitrogens is 1. The van der Waals surface area contributed by atoms with E-state index in [1.165, 1.54) is 25.6 Å². The second-order valence-corrected chi connectivity index (χ2v) is 9.12. The van der Waals surface area contributed by atoms with Crippen molar-refractivity contribution in [2.24, 2.45) is 5.73 Å². The molecule has 0 spiro atoms. The number of aromatic nitrogens is 2. The number of primary amides is 1. The topological polar surface area (TPSA) is 140 Å². The number of nitrogens with zero attached hydrogens (tertiary/aromatic N) is 2. The summed E-state index contributed by atoms with van der Waals surface area (Å²) in [6, 6.07) is 3.24. The van der Waals surface area contributed by atoms with E-state index in [4.69, 9.17) is 15.2 Å². The van der Waals surface area contributed by atoms with Gasteiger partial charge in [-0.25, -0.2) is 4.98 Å². The van der Waals surface area contributed by atoms with Gasteiger partial charge in [0.15, 0.2) is 11.5 Å². The highest BCUT2D eigenvalue weighted by Gasteiger charge is 2.26. The Kier molecular flexibility index (Phi) is 6.85. The minimum absolute atomic E-state index is 0.0605. The van der Waals surface area contributed by atoms with Gasteiger partial charge >= 0.3 is 0 Å². The van der Waals surface area contributed by atoms with E-state index in [1.54, 1.807) is 12.1 Å². The zero-order valence-corrected chi connectivity index (χ0v) is 20.1. The molecule has 4 N–H and O–H groups in total. The minimum Gasteiger partial charge on any atom is -0.493 e. The van der Waals surface area contributed by atoms with Gasteiger partial charge in [-0.3, -0.25) is 19.3 Å². The number of hydrogen-bond donors (Lipinski definition) is 3. The van der Waals surface area contributed by atoms with Crippen molar-refractivity contribution in [3.8, 4) is 11.5 Å². The van der Waals surface area contributed by atoms with Crippen LogP contribution in [0.3, 0.4) is 0 Å². The summed E-state index contributed by atoms with van der Waals surface area (Å²) in [5.41, 5.74) is 7.14. The normalized spacial score (nSPS) is 12.7. The number of fused-ring (bicyclic) bond motifs is 2. The van der Waals surface area contributed by atoms with E-state index in [9.17, 15) is 14.4 Å². The predicted molar refractivity (Wildman–Crippen MR) is 130 cm³/mol. The van der Waals surface area contributed by atoms with Crippen molar-refractivity contribution in [1.29, 1.82) is 0 Å². The molecule has 0 unspecified atom stereocenters. The number of benzene rings is 1. The number of rotatable bonds is 9. The number of amides is 2. The number of thiophene rings is 1. The molecule has 1 aliphatic carbocycles. The molecular formula is C23H27N5O5S. The van der Waals surface area contributed by atoms with Crippen LogP contribution in [-0.4, -0.2) is 54.0 Å². The Morgan fingerprint density at radius 2 is 1.97 bits per heavy atom. The van der Waals surface area contributed by atoms with Gasteiger partial charge < -0.3 is 25.5 Å². The molecule has 11 heteroatoms. The largest absolute Gasteiger partial charge is 0.493 e. The van der Waals surface area contributed by atoms with E-state index in [1.807, 2.05) is 11.8 Å². The summed E-state index contributed by atoms with van der Waals surface area (Å²) >= 11 is 1.42. The highest BCUT2D eigenvalue weighted by atomic mass is 32.1. The van der Waals surface area contributed by atoms with E-state index in [-0.39, 0.29) is 24.6 Å². The number of methoxy groups -OCH3 is 2. The van der Waals surface area contributed by atoms with Crippen molar-refractivity contribution in [2.45, 2.75) is 32.7 Å². The quantitative estimate of drug-likeness (QED) is 0.421. The zero-order valence-electron chi connectivity index (χ0n) is 19.3. The molecule has 0 fully saturated rings. The predicted octanol–water partition coefficient (Wildman–Crippen LogP) is 2.05. The molecular weight excluding hydrogens is 458 g/mol. The van der Waals surface area contributed by atoms with Gasteiger partial charge in [-0.05, 0) is 37.4 Å². The molecule has 0 bridgehead atoms. The molecule has 1 aromatic carbocycles. The van der Waals surface area contributed by atoms with E-state index >= 15 is 0 Å². The van der Waals surface area contributed by atoms with Crippen LogP contribution in [-0.2, 0) is 24.2 Å². The minimum atomic E-state index is -0.521. The third kappa shape index (κ3) is 4.62. The summed E-state index contributed by atoms with van der Waals surface area (Å²) in [6.45, 7) is 2.78. The summed E-state index contributed by atoms with van der Waals surface area (Å²) in [4.78, 5) is 47.7. The van der Waals surface area contributed by atoms with E-state index < -0.39 is 5.91 Å². The second-order valence-electron chi connectivity index (χ2n) is 8.01. The number of carbonyl (C=O) groups excluding carboxylic acids is 2. The Hall–Kier alpha value is -3.44. The number of aryl methyl sites for hydroxylation is 1. The van der Waals surface area contributed by atoms with Gasteiger partial charge in [0, 0.05) is 10.9 Å². The molecule has 180 valence electrons. The Bertz CT molecular complexity index is 1320. The van der Waals surface area contributed by atoms with Crippen LogP contribution in [0.25, 0.3) is 10.9 Å². The van der Waals surface area contributed by atoms with Crippen LogP contribution >= 0.6 is 11.3 Å². The Balaban J connectivity index is 1.51. The van der Waals surface area contributed by atoms with E-state index in [2.05, 4.69) is 15.3 Å². The molecule has 2 aromatic heterocycles. The van der Waals surface area contributed by atoms with Gasteiger partial charge in [0.25, 0.3) is 11.5 Å². The number of carbonyl (C=O) groups is 2. The molecule has 0 radical (unpaired) electrons. The van der Waals surface area contributed by atoms with Crippen LogP contribution in [0.5, 0.6) is 11.5 Å². The highest BCUT2D eigenvalue weighted by molar-refractivity contribution is 7.17. The fourth-order valence-corrected chi connectivity index (χ4v) is 5.51. The lowest BCUT2D eigenvalue weighted by Crippen LogP contribution is -2.34. The first kappa shape index (κ1) is 23.7. The number of nitrogens with two attached hydrogens (primary N) is 1. The van der Waals surface area contributed by atoms with Crippen LogP contribution in [0.2, 0.25) is 0 Å². The second kappa shape index (κ2) is 9.82. The Labute approximate surface area is 200 Å². The summed E-state index contributed by atoms with van der Waals surface area (Å²) in [5.74, 6) is 0.550. The number of anilines is 1. The van der Waals surface area contributed by atoms with Gasteiger partial charge in [-0.15, -0.1) is 11.3 Å². The molecule has 0 saturated heterocycles. The average molecular weight is 486 g/mol. The fourth-order valence-electron chi connectivity index (χ4n) is 4.20. The Morgan fingerprint density at radius 3 is 2.65 bits per heavy atom. The van der Waals surface area contributed by atoms with Crippen LogP contribution in [0.15, 0.2) is 16.9 Å². The molecule has 10 nitrogen and oxygen atoms in total. The van der Waals surface area contributed by atoms with Crippen molar-refractivity contribution in [1.82, 2.24) is 14.9 Å². The summed E-state index contributed by atoms with van der Waals surface area (Å²) in [7, 11) is 3.02. The van der Waals surface area contributed by atoms with Gasteiger partial charge in [0.2, 0.25) is 5.91 Å². The number of likely N-dealkylation sites (N-methyl/N-ethyl adjacent to an activating group) is 1. The summed E-state index contributed by atoms with van der Waals surface area (Å²) in [6.07, 6.45) is 2.70. The van der Waals surface area contributed by atoms with Gasteiger partial charge in [0.05, 0.1) is 43.8 Å². The lowest BCUT2D eigenvalue weighted by Gasteiger charge is -2.19. The fraction of sp³-hybridized carbons (Fsp3) is 0.391. The average Bonchev–Trinajstić information content (AvgIpc) is 3.38. The standard InChI is InChI=1S/C23H27N5O5S/c1-4-28(11-19(29)27-23-20(21(24)30)12-6-5-7-17(12)34-23)10-18-25-14-9-16(33-3)15(32-2)8-13(14)22(31)26-18/h8-9H,4-7,10-11H2,1-3H3,(H2,24,30)(H,27,29)(H,25,26,31). The van der Waals surface area contributed by atoms with Crippen molar-refractivity contribution in [3.63, 3.8) is 0 Å². The third-order valence-electron chi connectivity index (χ3n) is 5.87. The molecule has 2 amide bonds. The third-order valence-corrected chi connectivity index (χ3v) is 7.08. The van der Waals surface area contributed by atoms with Crippen LogP contribution in [0.4, 0.5) is 5.00 Å². The lowest BCUT2D eigenvalue weighted by molar-refractivity contribution is -0.117. The number of aromatic amines is 1. The van der Waals surface area contributed by atoms with Crippen molar-refractivity contribution in [3.05, 3.63) is 44.3 Å². The first-order valence-corrected chi connectivity index (χ1v) is 11.8. The molecule has 0 aliphatic heterocycles. The number of nitrogens with one attached hydrogen (secondary N) is 2. The van der Waals surface area contributed by atoms with E-state index in [0.717, 1.165) is 29.7 Å². The zero-order chi connectivity index (χ0) is 24.4. The van der Waals surface area contributed by atoms with Gasteiger partial charge in [0.1, 0.15) is 10.8 Å². The first-order chi connectivity index (χ1) is 16.3. The molecule has 3 aromatic rings. The summed E-state index contributed by atoms with van der Waals surface area (Å²) < 4.78 is 10.6. The van der Waals surface area contributed by atoms with Crippen molar-refractivity contribution < 1.29 is 19.1 Å². The lowest BCUT2D eigenvalue weighted by atomic mass is 10.1. The maximum atomic E-state index is 12.8. The monoisotopic (exact) mass is 485 g/mol. The van der Waals surface area contributed by atoms with E-state index in [0.29, 0.717) is 45.3 Å². The molecule has 1 aliphatic rings. The molecule has 0 saturated carbocycles. The maximum Gasteiger partial charge on any atom is 0.258 e. The molecule has 2 heterocycles. The molecule has 34 heavy (non-hydrogen) atoms. The summed E-state index contributed by atoms with van der Waals surface area (Å²) in [5, 5.41) is 3.75. The smallest absolute Gasteiger partial charge is 0.258 e. The SMILES string of the molecule is CCN(CC(=O)Nc1sc2c(c1C(N)=O)CCC2)Cc1nc2cc(OC)c(OC)cc2c(=O)[nH]1. The van der Waals surface area contributed by atoms with Crippen LogP contribution < -0.4 is 26.1 Å². The molecule has 0 atom stereocenters. The van der Waals surface area contributed by atoms with Gasteiger partial charge in [-0.1, -0.05) is 6.92 Å². The van der Waals surface area contributed by atoms with Crippen molar-refractivity contribution in [2.75, 3.05) is 32.6 Å². The highest BCUT2D eigenvalue weighted by Crippen LogP contribution is 2.38. The van der Waals surface area contributed by atoms with Crippen LogP contribution in [0.1, 0.15) is 40.0 Å². The number of ether oxygens (including phenoxy) is 2. The maximum absolute atomic E-state index is 12.8. The first-order valence-electron chi connectivity index (χ1n) is 11.0. The number of hydrogen-bond acceptors (Lipinski definition) is 8. The van der Waals surface area contributed by atoms with Crippen molar-refractivity contribution >= 4 is 39.1 Å². The molecule has 4 rings (SSSR count). The Morgan fingerprint density at radius 1 is 1.24 bits per heavy atom. The van der Waals surface area contributed by atoms with Gasteiger partial charge in [-0.2, -0.15) is 0 Å².